The van der Waals surface area contributed by atoms with Crippen LogP contribution in [0.3, 0.4) is 0 Å². The number of rotatable bonds is 5. The normalized spacial score (nSPS) is 12.2. The predicted octanol–water partition coefficient (Wildman–Crippen LogP) is 5.46. The number of H-pyrrole nitrogens is 1. The Bertz CT molecular complexity index is 979. The van der Waals surface area contributed by atoms with Crippen LogP contribution in [-0.2, 0) is 0 Å². The highest BCUT2D eigenvalue weighted by Crippen LogP contribution is 2.34. The van der Waals surface area contributed by atoms with Crippen LogP contribution in [0.15, 0.2) is 79.1 Å². The second-order valence-electron chi connectivity index (χ2n) is 5.96. The summed E-state index contributed by atoms with van der Waals surface area (Å²) in [7, 11) is 0. The smallest absolute Gasteiger partial charge is 0.125 e. The predicted molar refractivity (Wildman–Crippen MR) is 104 cm³/mol. The summed E-state index contributed by atoms with van der Waals surface area (Å²) in [6.45, 7) is 0.711. The van der Waals surface area contributed by atoms with Crippen LogP contribution in [-0.4, -0.2) is 16.5 Å². The van der Waals surface area contributed by atoms with E-state index >= 15 is 0 Å². The van der Waals surface area contributed by atoms with E-state index in [1.54, 1.807) is 6.20 Å². The van der Waals surface area contributed by atoms with Crippen LogP contribution < -0.4 is 5.32 Å². The number of nitrogens with one attached hydrogen (secondary N) is 2. The van der Waals surface area contributed by atoms with Gasteiger partial charge in [-0.25, -0.2) is 4.98 Å². The summed E-state index contributed by atoms with van der Waals surface area (Å²) in [6, 6.07) is 22.2. The molecule has 0 aliphatic rings. The fourth-order valence-electron chi connectivity index (χ4n) is 3.20. The lowest BCUT2D eigenvalue weighted by Crippen LogP contribution is -2.15. The Kier molecular flexibility index (Phi) is 4.40. The van der Waals surface area contributed by atoms with E-state index in [2.05, 4.69) is 45.7 Å². The largest absolute Gasteiger partial charge is 0.369 e. The summed E-state index contributed by atoms with van der Waals surface area (Å²) in [4.78, 5) is 7.73. The Morgan fingerprint density at radius 2 is 1.72 bits per heavy atom. The topological polar surface area (TPSA) is 40.7 Å². The van der Waals surface area contributed by atoms with Crippen molar-refractivity contribution in [3.63, 3.8) is 0 Å². The van der Waals surface area contributed by atoms with E-state index in [0.717, 1.165) is 21.9 Å². The molecular formula is C21H18ClN3. The van der Waals surface area contributed by atoms with Gasteiger partial charge in [0, 0.05) is 40.8 Å². The van der Waals surface area contributed by atoms with E-state index in [4.69, 9.17) is 11.6 Å². The molecule has 2 heterocycles. The van der Waals surface area contributed by atoms with Crippen LogP contribution in [0.2, 0.25) is 5.02 Å². The van der Waals surface area contributed by atoms with Gasteiger partial charge in [-0.05, 0) is 35.4 Å². The molecule has 0 saturated heterocycles. The summed E-state index contributed by atoms with van der Waals surface area (Å²) >= 11 is 6.52. The zero-order valence-corrected chi connectivity index (χ0v) is 14.4. The highest BCUT2D eigenvalue weighted by Gasteiger charge is 2.20. The van der Waals surface area contributed by atoms with Crippen molar-refractivity contribution in [1.82, 2.24) is 9.97 Å². The molecule has 4 aromatic rings. The molecule has 0 amide bonds. The van der Waals surface area contributed by atoms with Crippen molar-refractivity contribution in [3.05, 3.63) is 95.3 Å². The van der Waals surface area contributed by atoms with Gasteiger partial charge in [-0.2, -0.15) is 0 Å². The molecule has 2 aromatic heterocycles. The summed E-state index contributed by atoms with van der Waals surface area (Å²) in [6.07, 6.45) is 3.87. The molecule has 0 spiro atoms. The van der Waals surface area contributed by atoms with Crippen molar-refractivity contribution in [1.29, 1.82) is 0 Å². The van der Waals surface area contributed by atoms with Crippen molar-refractivity contribution < 1.29 is 0 Å². The quantitative estimate of drug-likeness (QED) is 0.503. The number of aromatic nitrogens is 2. The van der Waals surface area contributed by atoms with Crippen molar-refractivity contribution in [3.8, 4) is 0 Å². The van der Waals surface area contributed by atoms with Crippen LogP contribution in [0.4, 0.5) is 5.82 Å². The zero-order valence-electron chi connectivity index (χ0n) is 13.6. The number of aromatic amines is 1. The van der Waals surface area contributed by atoms with Crippen LogP contribution >= 0.6 is 11.6 Å². The van der Waals surface area contributed by atoms with Crippen molar-refractivity contribution in [2.24, 2.45) is 0 Å². The molecule has 3 nitrogen and oxygen atoms in total. The molecule has 0 bridgehead atoms. The minimum absolute atomic E-state index is 0.117. The van der Waals surface area contributed by atoms with Crippen LogP contribution in [0, 0.1) is 0 Å². The van der Waals surface area contributed by atoms with E-state index in [-0.39, 0.29) is 5.92 Å². The third-order valence-corrected chi connectivity index (χ3v) is 4.77. The van der Waals surface area contributed by atoms with E-state index in [0.29, 0.717) is 6.54 Å². The van der Waals surface area contributed by atoms with Crippen LogP contribution in [0.1, 0.15) is 17.0 Å². The van der Waals surface area contributed by atoms with Gasteiger partial charge in [0.15, 0.2) is 0 Å². The average Bonchev–Trinajstić information content (AvgIpc) is 3.08. The van der Waals surface area contributed by atoms with E-state index in [9.17, 15) is 0 Å². The number of hydrogen-bond donors (Lipinski definition) is 2. The number of nitrogens with zero attached hydrogens (tertiary/aromatic N) is 1. The second-order valence-corrected chi connectivity index (χ2v) is 6.37. The van der Waals surface area contributed by atoms with Gasteiger partial charge in [0.25, 0.3) is 0 Å². The van der Waals surface area contributed by atoms with E-state index < -0.39 is 0 Å². The maximum absolute atomic E-state index is 6.52. The molecule has 0 aliphatic heterocycles. The number of benzene rings is 2. The molecule has 4 heteroatoms. The van der Waals surface area contributed by atoms with Crippen LogP contribution in [0.5, 0.6) is 0 Å². The van der Waals surface area contributed by atoms with Gasteiger partial charge in [-0.3, -0.25) is 0 Å². The first kappa shape index (κ1) is 15.7. The molecular weight excluding hydrogens is 330 g/mol. The van der Waals surface area contributed by atoms with Gasteiger partial charge < -0.3 is 10.3 Å². The molecule has 1 atom stereocenters. The Hall–Kier alpha value is -2.78. The number of pyridine rings is 1. The van der Waals surface area contributed by atoms with Gasteiger partial charge >= 0.3 is 0 Å². The van der Waals surface area contributed by atoms with Gasteiger partial charge in [-0.1, -0.05) is 54.1 Å². The summed E-state index contributed by atoms with van der Waals surface area (Å²) < 4.78 is 0. The Morgan fingerprint density at radius 1 is 0.920 bits per heavy atom. The average molecular weight is 348 g/mol. The van der Waals surface area contributed by atoms with Gasteiger partial charge in [-0.15, -0.1) is 0 Å². The van der Waals surface area contributed by atoms with Crippen LogP contribution in [0.25, 0.3) is 10.9 Å². The molecule has 0 fully saturated rings. The van der Waals surface area contributed by atoms with Crippen molar-refractivity contribution >= 4 is 28.3 Å². The molecule has 124 valence electrons. The fourth-order valence-corrected chi connectivity index (χ4v) is 3.47. The molecule has 0 unspecified atom stereocenters. The number of anilines is 1. The molecule has 0 saturated carbocycles. The summed E-state index contributed by atoms with van der Waals surface area (Å²) in [5.41, 5.74) is 3.47. The summed E-state index contributed by atoms with van der Waals surface area (Å²) in [5, 5.41) is 5.44. The van der Waals surface area contributed by atoms with Crippen molar-refractivity contribution in [2.45, 2.75) is 5.92 Å². The first-order valence-corrected chi connectivity index (χ1v) is 8.66. The summed E-state index contributed by atoms with van der Waals surface area (Å²) in [5.74, 6) is 0.978. The van der Waals surface area contributed by atoms with E-state index in [1.165, 1.54) is 10.9 Å². The monoisotopic (exact) mass is 347 g/mol. The minimum Gasteiger partial charge on any atom is -0.369 e. The number of halogens is 1. The number of para-hydroxylation sites is 1. The standard InChI is InChI=1S/C21H18ClN3/c22-19-9-3-1-7-15(19)17(14-25-21-11-5-6-12-23-21)18-13-24-20-10-4-2-8-16(18)20/h1-13,17,24H,14H2,(H,23,25)/t17-/m1/s1. The van der Waals surface area contributed by atoms with Gasteiger partial charge in [0.05, 0.1) is 0 Å². The third kappa shape index (κ3) is 3.24. The Labute approximate surface area is 151 Å². The van der Waals surface area contributed by atoms with E-state index in [1.807, 2.05) is 42.5 Å². The second kappa shape index (κ2) is 6.99. The number of fused-ring (bicyclic) bond motifs is 1. The fraction of sp³-hybridized carbons (Fsp3) is 0.0952. The molecule has 2 N–H and O–H groups in total. The zero-order chi connectivity index (χ0) is 17.1. The minimum atomic E-state index is 0.117. The lowest BCUT2D eigenvalue weighted by Gasteiger charge is -2.19. The maximum Gasteiger partial charge on any atom is 0.125 e. The van der Waals surface area contributed by atoms with Crippen molar-refractivity contribution in [2.75, 3.05) is 11.9 Å². The Morgan fingerprint density at radius 3 is 2.56 bits per heavy atom. The Balaban J connectivity index is 1.74. The number of hydrogen-bond acceptors (Lipinski definition) is 2. The lowest BCUT2D eigenvalue weighted by atomic mass is 9.91. The first-order valence-electron chi connectivity index (χ1n) is 8.28. The maximum atomic E-state index is 6.52. The van der Waals surface area contributed by atoms with Gasteiger partial charge in [0.1, 0.15) is 5.82 Å². The SMILES string of the molecule is Clc1ccccc1[C@@H](CNc1ccccn1)c1c[nH]c2ccccc12. The van der Waals surface area contributed by atoms with Gasteiger partial charge in [0.2, 0.25) is 0 Å². The first-order chi connectivity index (χ1) is 12.3. The molecule has 4 rings (SSSR count). The molecule has 25 heavy (non-hydrogen) atoms. The third-order valence-electron chi connectivity index (χ3n) is 4.43. The lowest BCUT2D eigenvalue weighted by molar-refractivity contribution is 0.856. The molecule has 0 radical (unpaired) electrons. The molecule has 2 aromatic carbocycles. The molecule has 0 aliphatic carbocycles. The highest BCUT2D eigenvalue weighted by atomic mass is 35.5. The highest BCUT2D eigenvalue weighted by molar-refractivity contribution is 6.31.